The van der Waals surface area contributed by atoms with Crippen molar-refractivity contribution in [2.24, 2.45) is 0 Å². The molecule has 0 atom stereocenters. The van der Waals surface area contributed by atoms with Gasteiger partial charge in [-0.25, -0.2) is 0 Å². The first-order valence-electron chi connectivity index (χ1n) is 5.59. The van der Waals surface area contributed by atoms with Gasteiger partial charge in [0.2, 0.25) is 0 Å². The van der Waals surface area contributed by atoms with Gasteiger partial charge < -0.3 is 4.74 Å². The Balaban J connectivity index is 1.81. The molecule has 3 heteroatoms. The first-order valence-corrected chi connectivity index (χ1v) is 7.01. The summed E-state index contributed by atoms with van der Waals surface area (Å²) in [6.45, 7) is 1.75. The van der Waals surface area contributed by atoms with E-state index in [4.69, 9.17) is 16.3 Å². The van der Waals surface area contributed by atoms with E-state index < -0.39 is 0 Å². The smallest absolute Gasteiger partial charge is 0.0514 e. The van der Waals surface area contributed by atoms with Gasteiger partial charge in [0.15, 0.2) is 0 Å². The SMILES string of the molecule is ClCCCCCCOCCc1cccs1. The Labute approximate surface area is 101 Å². The lowest BCUT2D eigenvalue weighted by atomic mass is 10.2. The standard InChI is InChI=1S/C12H19ClOS/c13-8-3-1-2-4-9-14-10-7-12-6-5-11-15-12/h5-6,11H,1-4,7-10H2. The Hall–Kier alpha value is -0.0500. The molecule has 0 amide bonds. The van der Waals surface area contributed by atoms with Crippen molar-refractivity contribution >= 4 is 22.9 Å². The molecule has 0 spiro atoms. The van der Waals surface area contributed by atoms with Crippen LogP contribution < -0.4 is 0 Å². The molecule has 0 saturated carbocycles. The minimum atomic E-state index is 0.791. The van der Waals surface area contributed by atoms with Crippen molar-refractivity contribution in [2.75, 3.05) is 19.1 Å². The third kappa shape index (κ3) is 6.93. The van der Waals surface area contributed by atoms with Crippen molar-refractivity contribution in [1.82, 2.24) is 0 Å². The van der Waals surface area contributed by atoms with Crippen molar-refractivity contribution in [1.29, 1.82) is 0 Å². The van der Waals surface area contributed by atoms with Gasteiger partial charge in [0.25, 0.3) is 0 Å². The number of alkyl halides is 1. The van der Waals surface area contributed by atoms with Crippen LogP contribution in [0, 0.1) is 0 Å². The molecule has 1 heterocycles. The first-order chi connectivity index (χ1) is 7.43. The van der Waals surface area contributed by atoms with Crippen LogP contribution in [-0.2, 0) is 11.2 Å². The van der Waals surface area contributed by atoms with Crippen molar-refractivity contribution in [3.63, 3.8) is 0 Å². The zero-order valence-electron chi connectivity index (χ0n) is 9.08. The summed E-state index contributed by atoms with van der Waals surface area (Å²) in [5.74, 6) is 0.791. The Morgan fingerprint density at radius 2 is 2.00 bits per heavy atom. The fourth-order valence-electron chi connectivity index (χ4n) is 1.38. The third-order valence-corrected chi connectivity index (χ3v) is 3.45. The molecule has 0 aromatic carbocycles. The lowest BCUT2D eigenvalue weighted by Gasteiger charge is -2.02. The second-order valence-electron chi connectivity index (χ2n) is 3.54. The Morgan fingerprint density at radius 3 is 2.73 bits per heavy atom. The molecule has 1 aromatic rings. The summed E-state index contributed by atoms with van der Waals surface area (Å²) < 4.78 is 5.56. The van der Waals surface area contributed by atoms with Gasteiger partial charge in [0, 0.05) is 23.8 Å². The molecule has 0 fully saturated rings. The highest BCUT2D eigenvalue weighted by atomic mass is 35.5. The zero-order valence-corrected chi connectivity index (χ0v) is 10.7. The van der Waals surface area contributed by atoms with Crippen LogP contribution in [0.25, 0.3) is 0 Å². The molecule has 0 aliphatic rings. The van der Waals surface area contributed by atoms with Gasteiger partial charge in [-0.1, -0.05) is 18.9 Å². The molecule has 0 bridgehead atoms. The maximum absolute atomic E-state index is 5.59. The molecule has 1 aromatic heterocycles. The van der Waals surface area contributed by atoms with E-state index in [-0.39, 0.29) is 0 Å². The normalized spacial score (nSPS) is 10.7. The third-order valence-electron chi connectivity index (χ3n) is 2.25. The molecular formula is C12H19ClOS. The molecule has 15 heavy (non-hydrogen) atoms. The maximum Gasteiger partial charge on any atom is 0.0514 e. The summed E-state index contributed by atoms with van der Waals surface area (Å²) in [7, 11) is 0. The van der Waals surface area contributed by atoms with Crippen molar-refractivity contribution < 1.29 is 4.74 Å². The quantitative estimate of drug-likeness (QED) is 0.471. The van der Waals surface area contributed by atoms with E-state index >= 15 is 0 Å². The van der Waals surface area contributed by atoms with E-state index in [1.165, 1.54) is 24.1 Å². The maximum atomic E-state index is 5.59. The summed E-state index contributed by atoms with van der Waals surface area (Å²) in [4.78, 5) is 1.41. The van der Waals surface area contributed by atoms with E-state index in [1.54, 1.807) is 11.3 Å². The number of ether oxygens (including phenoxy) is 1. The number of hydrogen-bond donors (Lipinski definition) is 0. The molecule has 0 N–H and O–H groups in total. The van der Waals surface area contributed by atoms with Crippen LogP contribution in [0.3, 0.4) is 0 Å². The van der Waals surface area contributed by atoms with E-state index in [2.05, 4.69) is 17.5 Å². The number of rotatable bonds is 9. The van der Waals surface area contributed by atoms with Crippen LogP contribution in [0.4, 0.5) is 0 Å². The summed E-state index contributed by atoms with van der Waals surface area (Å²) in [6.07, 6.45) is 5.83. The van der Waals surface area contributed by atoms with Crippen LogP contribution in [-0.4, -0.2) is 19.1 Å². The van der Waals surface area contributed by atoms with Crippen LogP contribution in [0.15, 0.2) is 17.5 Å². The largest absolute Gasteiger partial charge is 0.381 e. The molecule has 1 nitrogen and oxygen atoms in total. The lowest BCUT2D eigenvalue weighted by molar-refractivity contribution is 0.133. The van der Waals surface area contributed by atoms with Crippen LogP contribution in [0.2, 0.25) is 0 Å². The molecular weight excluding hydrogens is 228 g/mol. The first kappa shape index (κ1) is 13.0. The zero-order chi connectivity index (χ0) is 10.8. The van der Waals surface area contributed by atoms with E-state index in [9.17, 15) is 0 Å². The molecule has 86 valence electrons. The van der Waals surface area contributed by atoms with Gasteiger partial charge in [0.05, 0.1) is 6.61 Å². The highest BCUT2D eigenvalue weighted by Crippen LogP contribution is 2.09. The van der Waals surface area contributed by atoms with Crippen molar-refractivity contribution in [3.05, 3.63) is 22.4 Å². The molecule has 0 saturated heterocycles. The van der Waals surface area contributed by atoms with Crippen molar-refractivity contribution in [3.8, 4) is 0 Å². The molecule has 0 aliphatic heterocycles. The molecule has 0 radical (unpaired) electrons. The average Bonchev–Trinajstić information content (AvgIpc) is 2.75. The minimum absolute atomic E-state index is 0.791. The van der Waals surface area contributed by atoms with E-state index in [0.717, 1.165) is 31.9 Å². The van der Waals surface area contributed by atoms with Gasteiger partial charge in [-0.3, -0.25) is 0 Å². The summed E-state index contributed by atoms with van der Waals surface area (Å²) in [5, 5.41) is 2.11. The topological polar surface area (TPSA) is 9.23 Å². The van der Waals surface area contributed by atoms with Gasteiger partial charge in [-0.2, -0.15) is 0 Å². The van der Waals surface area contributed by atoms with Gasteiger partial charge in [0.1, 0.15) is 0 Å². The fraction of sp³-hybridized carbons (Fsp3) is 0.667. The van der Waals surface area contributed by atoms with E-state index in [1.807, 2.05) is 0 Å². The monoisotopic (exact) mass is 246 g/mol. The van der Waals surface area contributed by atoms with Gasteiger partial charge >= 0.3 is 0 Å². The highest BCUT2D eigenvalue weighted by molar-refractivity contribution is 7.09. The fourth-order valence-corrected chi connectivity index (χ4v) is 2.26. The number of halogens is 1. The second-order valence-corrected chi connectivity index (χ2v) is 4.96. The number of thiophene rings is 1. The predicted octanol–water partition coefficient (Wildman–Crippen LogP) is 4.11. The second kappa shape index (κ2) is 9.20. The molecule has 1 rings (SSSR count). The van der Waals surface area contributed by atoms with Gasteiger partial charge in [-0.05, 0) is 24.3 Å². The average molecular weight is 247 g/mol. The van der Waals surface area contributed by atoms with Crippen LogP contribution >= 0.6 is 22.9 Å². The van der Waals surface area contributed by atoms with Crippen LogP contribution in [0.1, 0.15) is 30.6 Å². The Kier molecular flexibility index (Phi) is 7.98. The summed E-state index contributed by atoms with van der Waals surface area (Å²) >= 11 is 7.39. The summed E-state index contributed by atoms with van der Waals surface area (Å²) in [5.41, 5.74) is 0. The minimum Gasteiger partial charge on any atom is -0.381 e. The highest BCUT2D eigenvalue weighted by Gasteiger charge is 1.94. The molecule has 0 unspecified atom stereocenters. The number of unbranched alkanes of at least 4 members (excludes halogenated alkanes) is 3. The van der Waals surface area contributed by atoms with Crippen molar-refractivity contribution in [2.45, 2.75) is 32.1 Å². The predicted molar refractivity (Wildman–Crippen MR) is 68.0 cm³/mol. The van der Waals surface area contributed by atoms with E-state index in [0.29, 0.717) is 0 Å². The van der Waals surface area contributed by atoms with Gasteiger partial charge in [-0.15, -0.1) is 22.9 Å². The Bertz CT molecular complexity index is 224. The molecule has 0 aliphatic carbocycles. The van der Waals surface area contributed by atoms with Crippen LogP contribution in [0.5, 0.6) is 0 Å². The lowest BCUT2D eigenvalue weighted by Crippen LogP contribution is -1.99. The number of hydrogen-bond acceptors (Lipinski definition) is 2. The Morgan fingerprint density at radius 1 is 1.13 bits per heavy atom. The summed E-state index contributed by atoms with van der Waals surface area (Å²) in [6, 6.07) is 4.25.